The first kappa shape index (κ1) is 21.0. The van der Waals surface area contributed by atoms with Gasteiger partial charge in [-0.3, -0.25) is 9.89 Å². The minimum Gasteiger partial charge on any atom is -0.357 e. The maximum Gasteiger partial charge on any atom is 0.191 e. The van der Waals surface area contributed by atoms with Crippen molar-refractivity contribution in [3.05, 3.63) is 0 Å². The summed E-state index contributed by atoms with van der Waals surface area (Å²) in [5.74, 6) is 1.93. The van der Waals surface area contributed by atoms with Crippen LogP contribution in [0.4, 0.5) is 0 Å². The molecule has 0 aromatic rings. The summed E-state index contributed by atoms with van der Waals surface area (Å²) in [6.45, 7) is 15.0. The van der Waals surface area contributed by atoms with Crippen molar-refractivity contribution in [1.29, 1.82) is 0 Å². The normalized spacial score (nSPS) is 15.5. The summed E-state index contributed by atoms with van der Waals surface area (Å²) < 4.78 is 0. The van der Waals surface area contributed by atoms with E-state index in [-0.39, 0.29) is 24.0 Å². The van der Waals surface area contributed by atoms with Crippen LogP contribution in [0, 0.1) is 5.92 Å². The molecule has 126 valence electrons. The molecule has 21 heavy (non-hydrogen) atoms. The molecule has 1 fully saturated rings. The van der Waals surface area contributed by atoms with Crippen molar-refractivity contribution in [3.8, 4) is 0 Å². The molecule has 0 amide bonds. The molecular weight excluding hydrogens is 375 g/mol. The fraction of sp³-hybridized carbons (Fsp3) is 0.938. The molecule has 0 spiro atoms. The van der Waals surface area contributed by atoms with Crippen LogP contribution in [-0.2, 0) is 0 Å². The standard InChI is InChI=1S/C16H34N4.HI/c1-6-17-16(18-10-9-15-7-8-15)19-11-12-20(13(2)3)14(4)5;/h13-15H,6-12H2,1-5H3,(H2,17,18,19);1H. The molecule has 0 bridgehead atoms. The number of aliphatic imine (C=N–C) groups is 1. The van der Waals surface area contributed by atoms with Crippen LogP contribution in [-0.4, -0.2) is 49.1 Å². The average Bonchev–Trinajstić information content (AvgIpc) is 3.17. The first-order valence-electron chi connectivity index (χ1n) is 8.32. The summed E-state index contributed by atoms with van der Waals surface area (Å²) in [4.78, 5) is 7.16. The molecular formula is C16H35IN4. The Bertz CT molecular complexity index is 280. The lowest BCUT2D eigenvalue weighted by molar-refractivity contribution is 0.178. The monoisotopic (exact) mass is 410 g/mol. The Balaban J connectivity index is 0.00000400. The van der Waals surface area contributed by atoms with Crippen molar-refractivity contribution in [3.63, 3.8) is 0 Å². The molecule has 0 aromatic carbocycles. The maximum atomic E-state index is 4.66. The molecule has 0 aliphatic heterocycles. The van der Waals surface area contributed by atoms with Crippen molar-refractivity contribution in [1.82, 2.24) is 15.5 Å². The second kappa shape index (κ2) is 11.5. The van der Waals surface area contributed by atoms with Crippen LogP contribution in [0.25, 0.3) is 0 Å². The average molecular weight is 410 g/mol. The Morgan fingerprint density at radius 2 is 1.76 bits per heavy atom. The van der Waals surface area contributed by atoms with Crippen molar-refractivity contribution < 1.29 is 0 Å². The van der Waals surface area contributed by atoms with E-state index in [0.717, 1.165) is 38.1 Å². The Kier molecular flexibility index (Phi) is 11.5. The maximum absolute atomic E-state index is 4.66. The van der Waals surface area contributed by atoms with E-state index in [1.54, 1.807) is 0 Å². The molecule has 0 aromatic heterocycles. The topological polar surface area (TPSA) is 39.7 Å². The Morgan fingerprint density at radius 3 is 2.24 bits per heavy atom. The third-order valence-electron chi connectivity index (χ3n) is 3.84. The fourth-order valence-electron chi connectivity index (χ4n) is 2.52. The molecule has 0 saturated heterocycles. The van der Waals surface area contributed by atoms with Gasteiger partial charge in [-0.05, 0) is 47.0 Å². The highest BCUT2D eigenvalue weighted by Gasteiger charge is 2.20. The zero-order valence-corrected chi connectivity index (χ0v) is 16.8. The van der Waals surface area contributed by atoms with E-state index in [2.05, 4.69) is 55.1 Å². The van der Waals surface area contributed by atoms with Gasteiger partial charge in [0.2, 0.25) is 0 Å². The van der Waals surface area contributed by atoms with E-state index in [9.17, 15) is 0 Å². The minimum atomic E-state index is 0. The predicted octanol–water partition coefficient (Wildman–Crippen LogP) is 3.08. The largest absolute Gasteiger partial charge is 0.357 e. The summed E-state index contributed by atoms with van der Waals surface area (Å²) in [6.07, 6.45) is 4.08. The lowest BCUT2D eigenvalue weighted by Crippen LogP contribution is -2.45. The van der Waals surface area contributed by atoms with Gasteiger partial charge in [0.1, 0.15) is 0 Å². The van der Waals surface area contributed by atoms with Crippen LogP contribution in [0.15, 0.2) is 4.99 Å². The van der Waals surface area contributed by atoms with Crippen LogP contribution in [0.5, 0.6) is 0 Å². The molecule has 1 aliphatic rings. The van der Waals surface area contributed by atoms with Gasteiger partial charge < -0.3 is 10.6 Å². The third-order valence-corrected chi connectivity index (χ3v) is 3.84. The summed E-state index contributed by atoms with van der Waals surface area (Å²) in [6, 6.07) is 1.18. The Labute approximate surface area is 148 Å². The lowest BCUT2D eigenvalue weighted by Gasteiger charge is -2.30. The quantitative estimate of drug-likeness (QED) is 0.349. The third kappa shape index (κ3) is 9.55. The molecule has 1 aliphatic carbocycles. The summed E-state index contributed by atoms with van der Waals surface area (Å²) >= 11 is 0. The van der Waals surface area contributed by atoms with E-state index in [0.29, 0.717) is 12.1 Å². The van der Waals surface area contributed by atoms with Crippen molar-refractivity contribution in [2.45, 2.75) is 66.0 Å². The van der Waals surface area contributed by atoms with Gasteiger partial charge in [-0.15, -0.1) is 24.0 Å². The number of hydrogen-bond donors (Lipinski definition) is 2. The molecule has 0 heterocycles. The van der Waals surface area contributed by atoms with E-state index < -0.39 is 0 Å². The molecule has 2 N–H and O–H groups in total. The summed E-state index contributed by atoms with van der Waals surface area (Å²) in [5, 5.41) is 6.78. The number of nitrogens with zero attached hydrogens (tertiary/aromatic N) is 2. The molecule has 5 heteroatoms. The molecule has 0 atom stereocenters. The second-order valence-electron chi connectivity index (χ2n) is 6.34. The van der Waals surface area contributed by atoms with Crippen molar-refractivity contribution in [2.24, 2.45) is 10.9 Å². The van der Waals surface area contributed by atoms with E-state index in [1.807, 2.05) is 0 Å². The first-order chi connectivity index (χ1) is 9.54. The smallest absolute Gasteiger partial charge is 0.191 e. The highest BCUT2D eigenvalue weighted by Crippen LogP contribution is 2.32. The Morgan fingerprint density at radius 1 is 1.14 bits per heavy atom. The second-order valence-corrected chi connectivity index (χ2v) is 6.34. The van der Waals surface area contributed by atoms with Gasteiger partial charge in [0.15, 0.2) is 5.96 Å². The number of halogens is 1. The van der Waals surface area contributed by atoms with Crippen LogP contribution < -0.4 is 10.6 Å². The summed E-state index contributed by atoms with van der Waals surface area (Å²) in [5.41, 5.74) is 0. The molecule has 0 radical (unpaired) electrons. The Hall–Kier alpha value is -0.0400. The van der Waals surface area contributed by atoms with Crippen LogP contribution in [0.2, 0.25) is 0 Å². The van der Waals surface area contributed by atoms with Crippen molar-refractivity contribution in [2.75, 3.05) is 26.2 Å². The lowest BCUT2D eigenvalue weighted by atomic mass is 10.2. The minimum absolute atomic E-state index is 0. The first-order valence-corrected chi connectivity index (χ1v) is 8.32. The highest BCUT2D eigenvalue weighted by atomic mass is 127. The van der Waals surface area contributed by atoms with Gasteiger partial charge in [-0.25, -0.2) is 0 Å². The van der Waals surface area contributed by atoms with Gasteiger partial charge in [0.25, 0.3) is 0 Å². The highest BCUT2D eigenvalue weighted by molar-refractivity contribution is 14.0. The number of guanidine groups is 1. The van der Waals surface area contributed by atoms with Gasteiger partial charge >= 0.3 is 0 Å². The van der Waals surface area contributed by atoms with Crippen LogP contribution >= 0.6 is 24.0 Å². The van der Waals surface area contributed by atoms with E-state index in [1.165, 1.54) is 19.3 Å². The van der Waals surface area contributed by atoms with Gasteiger partial charge in [0, 0.05) is 38.3 Å². The zero-order valence-electron chi connectivity index (χ0n) is 14.5. The van der Waals surface area contributed by atoms with Crippen LogP contribution in [0.1, 0.15) is 53.9 Å². The molecule has 1 saturated carbocycles. The molecule has 4 nitrogen and oxygen atoms in total. The van der Waals surface area contributed by atoms with E-state index in [4.69, 9.17) is 0 Å². The molecule has 0 unspecified atom stereocenters. The number of hydrogen-bond acceptors (Lipinski definition) is 2. The zero-order chi connectivity index (χ0) is 15.0. The van der Waals surface area contributed by atoms with Crippen LogP contribution in [0.3, 0.4) is 0 Å². The van der Waals surface area contributed by atoms with Gasteiger partial charge in [-0.1, -0.05) is 12.8 Å². The van der Waals surface area contributed by atoms with E-state index >= 15 is 0 Å². The summed E-state index contributed by atoms with van der Waals surface area (Å²) in [7, 11) is 0. The predicted molar refractivity (Wildman–Crippen MR) is 104 cm³/mol. The van der Waals surface area contributed by atoms with Crippen molar-refractivity contribution >= 4 is 29.9 Å². The number of nitrogens with one attached hydrogen (secondary N) is 2. The number of rotatable bonds is 9. The van der Waals surface area contributed by atoms with Gasteiger partial charge in [0.05, 0.1) is 0 Å². The SMILES string of the molecule is CCNC(=NCCC1CC1)NCCN(C(C)C)C(C)C.I. The fourth-order valence-corrected chi connectivity index (χ4v) is 2.52. The van der Waals surface area contributed by atoms with Gasteiger partial charge in [-0.2, -0.15) is 0 Å². The molecule has 1 rings (SSSR count).